The van der Waals surface area contributed by atoms with Crippen LogP contribution < -0.4 is 0 Å². The van der Waals surface area contributed by atoms with E-state index in [0.717, 1.165) is 10.4 Å². The number of amides is 2. The Balaban J connectivity index is 1.81. The number of nitrogens with zero attached hydrogens (tertiary/aromatic N) is 2. The topological polar surface area (TPSA) is 70.0 Å². The largest absolute Gasteiger partial charge is 0.507 e. The van der Waals surface area contributed by atoms with Crippen molar-refractivity contribution in [2.75, 3.05) is 0 Å². The smallest absolute Gasteiger partial charge is 0.282 e. The Morgan fingerprint density at radius 1 is 0.833 bits per heavy atom. The van der Waals surface area contributed by atoms with E-state index in [1.807, 2.05) is 12.1 Å². The fraction of sp³-hybridized carbons (Fsp3) is 0. The molecule has 1 aliphatic heterocycles. The van der Waals surface area contributed by atoms with Crippen LogP contribution >= 0.6 is 0 Å². The number of hydrogen-bond donors (Lipinski definition) is 1. The molecule has 0 bridgehead atoms. The number of rotatable bonds is 2. The molecule has 1 heterocycles. The maximum absolute atomic E-state index is 12.6. The molecule has 0 saturated heterocycles. The highest BCUT2D eigenvalue weighted by Crippen LogP contribution is 2.30. The minimum atomic E-state index is -0.476. The van der Waals surface area contributed by atoms with Gasteiger partial charge in [-0.15, -0.1) is 0 Å². The average molecular weight is 316 g/mol. The van der Waals surface area contributed by atoms with Crippen molar-refractivity contribution in [2.24, 2.45) is 5.10 Å². The van der Waals surface area contributed by atoms with Crippen LogP contribution in [0.5, 0.6) is 5.75 Å². The van der Waals surface area contributed by atoms with Crippen LogP contribution in [-0.4, -0.2) is 28.1 Å². The van der Waals surface area contributed by atoms with Crippen molar-refractivity contribution in [2.45, 2.75) is 0 Å². The van der Waals surface area contributed by atoms with Gasteiger partial charge in [0.25, 0.3) is 11.8 Å². The number of aromatic hydroxyl groups is 1. The molecule has 1 aliphatic rings. The lowest BCUT2D eigenvalue weighted by atomic mass is 9.95. The van der Waals surface area contributed by atoms with Crippen molar-refractivity contribution in [1.29, 1.82) is 0 Å². The van der Waals surface area contributed by atoms with Gasteiger partial charge < -0.3 is 5.11 Å². The summed E-state index contributed by atoms with van der Waals surface area (Å²) in [5.41, 5.74) is 1.31. The van der Waals surface area contributed by atoms with Crippen LogP contribution in [0.1, 0.15) is 26.3 Å². The van der Waals surface area contributed by atoms with Gasteiger partial charge in [0.05, 0.1) is 17.3 Å². The van der Waals surface area contributed by atoms with Crippen LogP contribution in [0.3, 0.4) is 0 Å². The van der Waals surface area contributed by atoms with Crippen molar-refractivity contribution >= 4 is 28.8 Å². The summed E-state index contributed by atoms with van der Waals surface area (Å²) in [6.45, 7) is 0. The van der Waals surface area contributed by atoms with Crippen LogP contribution in [0, 0.1) is 0 Å². The maximum Gasteiger partial charge on any atom is 0.282 e. The quantitative estimate of drug-likeness (QED) is 0.583. The summed E-state index contributed by atoms with van der Waals surface area (Å²) in [7, 11) is 0. The van der Waals surface area contributed by atoms with Gasteiger partial charge in [0, 0.05) is 10.9 Å². The number of para-hydroxylation sites is 1. The van der Waals surface area contributed by atoms with Crippen molar-refractivity contribution < 1.29 is 14.7 Å². The van der Waals surface area contributed by atoms with Crippen LogP contribution in [-0.2, 0) is 0 Å². The summed E-state index contributed by atoms with van der Waals surface area (Å²) in [5.74, 6) is -0.924. The SMILES string of the molecule is O=C1c2cccc3cccc(c23)C(=O)N1/N=C/c1ccccc1O. The molecule has 3 aromatic carbocycles. The summed E-state index contributed by atoms with van der Waals surface area (Å²) >= 11 is 0. The molecule has 0 fully saturated rings. The van der Waals surface area contributed by atoms with E-state index < -0.39 is 11.8 Å². The van der Waals surface area contributed by atoms with Crippen molar-refractivity contribution in [1.82, 2.24) is 5.01 Å². The molecule has 1 N–H and O–H groups in total. The van der Waals surface area contributed by atoms with Crippen LogP contribution in [0.2, 0.25) is 0 Å². The molecule has 0 atom stereocenters. The van der Waals surface area contributed by atoms with Gasteiger partial charge in [-0.25, -0.2) is 0 Å². The fourth-order valence-electron chi connectivity index (χ4n) is 2.84. The number of carbonyl (C=O) groups is 2. The summed E-state index contributed by atoms with van der Waals surface area (Å²) < 4.78 is 0. The van der Waals surface area contributed by atoms with E-state index in [1.165, 1.54) is 12.3 Å². The van der Waals surface area contributed by atoms with Crippen molar-refractivity contribution in [3.63, 3.8) is 0 Å². The van der Waals surface area contributed by atoms with Gasteiger partial charge >= 0.3 is 0 Å². The lowest BCUT2D eigenvalue weighted by Gasteiger charge is -2.23. The van der Waals surface area contributed by atoms with E-state index in [-0.39, 0.29) is 5.75 Å². The highest BCUT2D eigenvalue weighted by atomic mass is 16.3. The molecule has 2 amide bonds. The highest BCUT2D eigenvalue weighted by Gasteiger charge is 2.32. The Labute approximate surface area is 137 Å². The molecule has 5 heteroatoms. The molecule has 0 unspecified atom stereocenters. The Morgan fingerprint density at radius 2 is 1.46 bits per heavy atom. The molecule has 0 radical (unpaired) electrons. The third-order valence-corrected chi connectivity index (χ3v) is 4.00. The molecule has 0 aliphatic carbocycles. The number of hydrogen-bond acceptors (Lipinski definition) is 4. The molecule has 4 rings (SSSR count). The van der Waals surface area contributed by atoms with Gasteiger partial charge in [-0.3, -0.25) is 9.59 Å². The van der Waals surface area contributed by atoms with E-state index in [0.29, 0.717) is 22.1 Å². The van der Waals surface area contributed by atoms with Crippen molar-refractivity contribution in [3.05, 3.63) is 77.4 Å². The Morgan fingerprint density at radius 3 is 2.08 bits per heavy atom. The average Bonchev–Trinajstić information content (AvgIpc) is 2.61. The number of carbonyl (C=O) groups excluding carboxylic acids is 2. The van der Waals surface area contributed by atoms with Crippen LogP contribution in [0.25, 0.3) is 10.8 Å². The highest BCUT2D eigenvalue weighted by molar-refractivity contribution is 6.25. The van der Waals surface area contributed by atoms with Crippen molar-refractivity contribution in [3.8, 4) is 5.75 Å². The van der Waals surface area contributed by atoms with E-state index in [9.17, 15) is 14.7 Å². The second-order valence-electron chi connectivity index (χ2n) is 5.43. The van der Waals surface area contributed by atoms with Crippen LogP contribution in [0.15, 0.2) is 65.8 Å². The van der Waals surface area contributed by atoms with Gasteiger partial charge in [0.15, 0.2) is 0 Å². The van der Waals surface area contributed by atoms with Crippen LogP contribution in [0.4, 0.5) is 0 Å². The third-order valence-electron chi connectivity index (χ3n) is 4.00. The minimum absolute atomic E-state index is 0.0284. The first kappa shape index (κ1) is 14.1. The van der Waals surface area contributed by atoms with E-state index >= 15 is 0 Å². The van der Waals surface area contributed by atoms with Gasteiger partial charge in [-0.05, 0) is 29.7 Å². The van der Waals surface area contributed by atoms with Gasteiger partial charge in [-0.1, -0.05) is 36.4 Å². The Kier molecular flexibility index (Phi) is 3.13. The van der Waals surface area contributed by atoms with E-state index in [2.05, 4.69) is 5.10 Å². The third kappa shape index (κ3) is 2.06. The minimum Gasteiger partial charge on any atom is -0.507 e. The van der Waals surface area contributed by atoms with E-state index in [4.69, 9.17) is 0 Å². The molecular weight excluding hydrogens is 304 g/mol. The summed E-state index contributed by atoms with van der Waals surface area (Å²) in [6, 6.07) is 17.2. The zero-order valence-electron chi connectivity index (χ0n) is 12.5. The number of benzene rings is 3. The standard InChI is InChI=1S/C19H12N2O3/c22-16-10-2-1-5-13(16)11-20-21-18(23)14-8-3-6-12-7-4-9-15(17(12)14)19(21)24/h1-11,22H/b20-11+. The molecule has 116 valence electrons. The predicted molar refractivity (Wildman–Crippen MR) is 90.1 cm³/mol. The first-order chi connectivity index (χ1) is 11.7. The lowest BCUT2D eigenvalue weighted by molar-refractivity contribution is 0.0616. The summed E-state index contributed by atoms with van der Waals surface area (Å²) in [4.78, 5) is 25.3. The zero-order chi connectivity index (χ0) is 16.7. The lowest BCUT2D eigenvalue weighted by Crippen LogP contribution is -2.36. The Hall–Kier alpha value is -3.47. The normalized spacial score (nSPS) is 13.9. The molecule has 3 aromatic rings. The first-order valence-electron chi connectivity index (χ1n) is 7.39. The van der Waals surface area contributed by atoms with Gasteiger partial charge in [-0.2, -0.15) is 10.1 Å². The van der Waals surface area contributed by atoms with Gasteiger partial charge in [0.2, 0.25) is 0 Å². The molecule has 0 aromatic heterocycles. The van der Waals surface area contributed by atoms with Gasteiger partial charge in [0.1, 0.15) is 5.75 Å². The fourth-order valence-corrected chi connectivity index (χ4v) is 2.84. The number of imide groups is 1. The number of phenols is 1. The molecule has 0 spiro atoms. The second-order valence-corrected chi connectivity index (χ2v) is 5.43. The molecular formula is C19H12N2O3. The number of phenolic OH excluding ortho intramolecular Hbond substituents is 1. The number of hydrazone groups is 1. The monoisotopic (exact) mass is 316 g/mol. The second kappa shape index (κ2) is 5.31. The molecule has 24 heavy (non-hydrogen) atoms. The molecule has 0 saturated carbocycles. The summed E-state index contributed by atoms with van der Waals surface area (Å²) in [5, 5.41) is 16.1. The van der Waals surface area contributed by atoms with E-state index in [1.54, 1.807) is 42.5 Å². The maximum atomic E-state index is 12.6. The predicted octanol–water partition coefficient (Wildman–Crippen LogP) is 3.18. The molecule has 5 nitrogen and oxygen atoms in total. The Bertz CT molecular complexity index is 973. The first-order valence-corrected chi connectivity index (χ1v) is 7.39. The summed E-state index contributed by atoms with van der Waals surface area (Å²) in [6.07, 6.45) is 1.30. The zero-order valence-corrected chi connectivity index (χ0v) is 12.5.